The molecule has 2 aromatic heterocycles. The molecular weight excluding hydrogens is 1820 g/mol. The molecule has 29 N–H and O–H groups in total. The fraction of sp³-hybridized carbons (Fsp3) is 0.605. The molecule has 5 rings (SSSR count). The smallest absolute Gasteiger partial charge is 0.326 e. The third kappa shape index (κ3) is 35.7. The Morgan fingerprint density at radius 3 is 1.34 bits per heavy atom. The number of carboxylic acid groups (broad SMARTS) is 2. The first-order chi connectivity index (χ1) is 64.5. The minimum absolute atomic E-state index is 0.0201. The summed E-state index contributed by atoms with van der Waals surface area (Å²) in [6.45, 7) is 13.0. The van der Waals surface area contributed by atoms with Crippen LogP contribution < -0.4 is 108 Å². The maximum absolute atomic E-state index is 15.0. The lowest BCUT2D eigenvalue weighted by Crippen LogP contribution is -2.62. The van der Waals surface area contributed by atoms with E-state index in [4.69, 9.17) is 28.7 Å². The van der Waals surface area contributed by atoms with Gasteiger partial charge in [-0.25, -0.2) is 9.78 Å². The molecule has 0 unspecified atom stereocenters. The van der Waals surface area contributed by atoms with E-state index in [1.54, 1.807) is 65.1 Å². The van der Waals surface area contributed by atoms with Crippen LogP contribution in [0.2, 0.25) is 0 Å². The summed E-state index contributed by atoms with van der Waals surface area (Å²) in [7, 11) is 0. The van der Waals surface area contributed by atoms with Crippen LogP contribution in [-0.2, 0) is 123 Å². The number of amides is 21. The largest absolute Gasteiger partial charge is 0.481 e. The van der Waals surface area contributed by atoms with Crippen LogP contribution in [0.4, 0.5) is 0 Å². The summed E-state index contributed by atoms with van der Waals surface area (Å²) in [5.74, 6) is -27.8. The monoisotopic (exact) mass is 1950 g/mol. The Labute approximate surface area is 794 Å². The Morgan fingerprint density at radius 1 is 0.438 bits per heavy atom. The third-order valence-corrected chi connectivity index (χ3v) is 23.8. The van der Waals surface area contributed by atoms with Gasteiger partial charge in [0.05, 0.1) is 57.0 Å². The highest BCUT2D eigenvalue weighted by Gasteiger charge is 2.46. The van der Waals surface area contributed by atoms with E-state index < -0.39 is 302 Å². The molecule has 137 heavy (non-hydrogen) atoms. The molecule has 2 saturated heterocycles. The molecule has 756 valence electrons. The number of para-hydroxylation sites is 1. The molecule has 0 spiro atoms. The van der Waals surface area contributed by atoms with Crippen LogP contribution in [0.1, 0.15) is 170 Å². The number of fused-ring (bicyclic) bond motifs is 1. The van der Waals surface area contributed by atoms with Crippen molar-refractivity contribution in [2.45, 2.75) is 263 Å². The molecule has 0 saturated carbocycles. The first-order valence-electron chi connectivity index (χ1n) is 45.1. The van der Waals surface area contributed by atoms with Crippen LogP contribution in [0.25, 0.3) is 10.9 Å². The number of nitrogens with one attached hydrogen (secondary N) is 17. The molecule has 0 aliphatic carbocycles. The number of nitrogens with zero attached hydrogens (tertiary/aromatic N) is 3. The first-order valence-corrected chi connectivity index (χ1v) is 45.7. The Balaban J connectivity index is 1.20. The number of rotatable bonds is 58. The number of hydrogen-bond acceptors (Lipinski definition) is 26. The number of imidazole rings is 1. The Hall–Kier alpha value is -13.9. The van der Waals surface area contributed by atoms with E-state index in [1.807, 2.05) is 0 Å². The number of H-pyrrole nitrogens is 2. The van der Waals surface area contributed by atoms with Crippen LogP contribution in [0.5, 0.6) is 0 Å². The highest BCUT2D eigenvalue weighted by molar-refractivity contribution is 7.80. The van der Waals surface area contributed by atoms with Gasteiger partial charge in [0.25, 0.3) is 0 Å². The van der Waals surface area contributed by atoms with Gasteiger partial charge in [-0.2, -0.15) is 12.6 Å². The summed E-state index contributed by atoms with van der Waals surface area (Å²) in [4.78, 5) is 323. The van der Waals surface area contributed by atoms with Crippen molar-refractivity contribution < 1.29 is 120 Å². The van der Waals surface area contributed by atoms with Crippen molar-refractivity contribution in [3.63, 3.8) is 0 Å². The van der Waals surface area contributed by atoms with Crippen molar-refractivity contribution in [3.05, 3.63) is 54.2 Å². The van der Waals surface area contributed by atoms with Crippen molar-refractivity contribution in [3.8, 4) is 0 Å². The maximum Gasteiger partial charge on any atom is 0.326 e. The van der Waals surface area contributed by atoms with E-state index in [-0.39, 0.29) is 83.1 Å². The second-order valence-electron chi connectivity index (χ2n) is 34.6. The molecule has 2 aliphatic heterocycles. The van der Waals surface area contributed by atoms with E-state index in [1.165, 1.54) is 56.9 Å². The van der Waals surface area contributed by atoms with Crippen molar-refractivity contribution in [2.24, 2.45) is 58.3 Å². The second-order valence-corrected chi connectivity index (χ2v) is 35.0. The summed E-state index contributed by atoms with van der Waals surface area (Å²) in [5, 5.41) is 56.9. The Morgan fingerprint density at radius 2 is 0.854 bits per heavy atom. The number of nitrogens with two attached hydrogens (primary N) is 5. The standard InChI is InChI=1S/C86H131N25O25S/c1-11-42(8)69(107-78(127)54(32-66(119)120)99-65(118)37-96-81(130)67(40(4)5)105-76(125)52(30-61(90)114)98-64(117)36-94-63(116)35-95-73(122)56(38-137)104-75(124)50(22-24-59(88)112)100-72(121)48(87)29-46-34-92-39-97-46)83(132)106-68(41(6)7)82(131)102-53(31-62(91)115)77(126)108-70(43(9)12-2)84(133)111-27-17-21-58(111)80(129)109-71(44(10)13-3)85(134)110-26-16-20-57(110)79(128)101-51(23-25-60(89)113)74(123)103-55(86(135)136)28-45-33-93-49-19-15-14-18-47(45)49/h14-15,18-19,33-34,39-44,48,50-58,67-71,93,137H,11-13,16-17,20-32,35-38,87H2,1-10H3,(H2,88,112)(H2,89,113)(H2,90,114)(H2,91,115)(H,92,97)(H,94,116)(H,95,122)(H,96,130)(H,98,117)(H,99,118)(H,100,121)(H,101,128)(H,102,131)(H,103,123)(H,104,124)(H,105,125)(H,106,132)(H,107,127)(H,108,126)(H,109,129)(H,119,120)(H,135,136)/t42-,43-,44-,48-,50-,51-,52-,53-,54-,55-,56-,57-,58-,67-,68-,69-,70-,71-/m0/s1. The molecule has 0 radical (unpaired) electrons. The second kappa shape index (κ2) is 55.2. The number of aromatic nitrogens is 3. The van der Waals surface area contributed by atoms with Crippen molar-refractivity contribution >= 4 is 160 Å². The molecule has 3 aromatic rings. The lowest BCUT2D eigenvalue weighted by atomic mass is 9.95. The number of primary amides is 4. The van der Waals surface area contributed by atoms with Gasteiger partial charge in [0.1, 0.15) is 84.6 Å². The quantitative estimate of drug-likeness (QED) is 0.0233. The summed E-state index contributed by atoms with van der Waals surface area (Å²) in [5.41, 5.74) is 29.5. The van der Waals surface area contributed by atoms with Gasteiger partial charge in [0, 0.05) is 67.8 Å². The lowest BCUT2D eigenvalue weighted by Gasteiger charge is -2.35. The first kappa shape index (κ1) is 114. The molecule has 2 aliphatic rings. The number of hydrogen-bond donors (Lipinski definition) is 25. The number of carboxylic acids is 2. The summed E-state index contributed by atoms with van der Waals surface area (Å²) in [6, 6.07) is -15.5. The van der Waals surface area contributed by atoms with Gasteiger partial charge in [0.15, 0.2) is 0 Å². The number of thiol groups is 1. The predicted octanol–water partition coefficient (Wildman–Crippen LogP) is -7.63. The maximum atomic E-state index is 15.0. The average Bonchev–Trinajstić information content (AvgIpc) is 1.70. The minimum Gasteiger partial charge on any atom is -0.481 e. The van der Waals surface area contributed by atoms with Gasteiger partial charge in [0.2, 0.25) is 124 Å². The molecule has 21 amide bonds. The van der Waals surface area contributed by atoms with Gasteiger partial charge in [-0.1, -0.05) is 107 Å². The number of aromatic amines is 2. The average molecular weight is 1950 g/mol. The number of likely N-dealkylation sites (tertiary alicyclic amines) is 2. The fourth-order valence-electron chi connectivity index (χ4n) is 15.0. The summed E-state index contributed by atoms with van der Waals surface area (Å²) in [6.07, 6.45) is 1.46. The molecule has 51 heteroatoms. The SMILES string of the molecule is CC[C@H](C)[C@H](NC(=O)[C@H](CC(=O)O)NC(=O)CNC(=O)[C@@H](NC(=O)[C@H](CC(N)=O)NC(=O)CNC(=O)CNC(=O)[C@H](CS)NC(=O)[C@H](CCC(N)=O)NC(=O)[C@@H](N)Cc1c[nH]cn1)C(C)C)C(=O)N[C@H](C(=O)N[C@@H](CC(N)=O)C(=O)N[C@H](C(=O)N1CCC[C@H]1C(=O)N[C@H](C(=O)N1CCC[C@H]1C(=O)N[C@@H](CCC(N)=O)C(=O)N[C@@H](Cc1c[nH]c2ccccc12)C(=O)O)[C@@H](C)CC)[C@@H](C)CC)C(C)C. The zero-order chi connectivity index (χ0) is 103. The van der Waals surface area contributed by atoms with E-state index >= 15 is 0 Å². The zero-order valence-corrected chi connectivity index (χ0v) is 79.0. The Kier molecular flexibility index (Phi) is 45.8. The molecular formula is C86H131N25O25S. The molecule has 2 fully saturated rings. The number of carbonyl (C=O) groups excluding carboxylic acids is 21. The third-order valence-electron chi connectivity index (χ3n) is 23.4. The van der Waals surface area contributed by atoms with Crippen LogP contribution in [0.3, 0.4) is 0 Å². The Bertz CT molecular complexity index is 4840. The van der Waals surface area contributed by atoms with Crippen LogP contribution in [0.15, 0.2) is 43.0 Å². The summed E-state index contributed by atoms with van der Waals surface area (Å²) < 4.78 is 0. The van der Waals surface area contributed by atoms with Gasteiger partial charge >= 0.3 is 11.9 Å². The van der Waals surface area contributed by atoms with Crippen LogP contribution in [-0.4, -0.2) is 300 Å². The van der Waals surface area contributed by atoms with Crippen LogP contribution >= 0.6 is 12.6 Å². The van der Waals surface area contributed by atoms with Crippen molar-refractivity contribution in [1.82, 2.24) is 105 Å². The minimum atomic E-state index is -1.98. The van der Waals surface area contributed by atoms with Gasteiger partial charge in [-0.3, -0.25) is 105 Å². The van der Waals surface area contributed by atoms with Crippen molar-refractivity contribution in [1.29, 1.82) is 0 Å². The lowest BCUT2D eigenvalue weighted by molar-refractivity contribution is -0.146. The van der Waals surface area contributed by atoms with E-state index in [0.29, 0.717) is 29.5 Å². The number of aliphatic carboxylic acids is 2. The topological polar surface area (TPSA) is 795 Å². The highest BCUT2D eigenvalue weighted by Crippen LogP contribution is 2.27. The van der Waals surface area contributed by atoms with Gasteiger partial charge in [-0.05, 0) is 79.7 Å². The van der Waals surface area contributed by atoms with E-state index in [0.717, 1.165) is 5.52 Å². The van der Waals surface area contributed by atoms with Gasteiger partial charge in [-0.15, -0.1) is 0 Å². The van der Waals surface area contributed by atoms with E-state index in [9.17, 15) is 120 Å². The van der Waals surface area contributed by atoms with Crippen molar-refractivity contribution in [2.75, 3.05) is 38.5 Å². The summed E-state index contributed by atoms with van der Waals surface area (Å²) >= 11 is 4.09. The highest BCUT2D eigenvalue weighted by atomic mass is 32.1. The molecule has 18 atom stereocenters. The van der Waals surface area contributed by atoms with Gasteiger partial charge < -0.3 is 138 Å². The zero-order valence-electron chi connectivity index (χ0n) is 78.1. The molecule has 1 aromatic carbocycles. The number of carbonyl (C=O) groups is 23. The number of benzene rings is 1. The fourth-order valence-corrected chi connectivity index (χ4v) is 15.2. The molecule has 50 nitrogen and oxygen atoms in total. The van der Waals surface area contributed by atoms with E-state index in [2.05, 4.69) is 107 Å². The van der Waals surface area contributed by atoms with Crippen LogP contribution in [0, 0.1) is 29.6 Å². The normalized spacial score (nSPS) is 16.9. The molecule has 4 heterocycles. The predicted molar refractivity (Wildman–Crippen MR) is 490 cm³/mol. The molecule has 0 bridgehead atoms.